The summed E-state index contributed by atoms with van der Waals surface area (Å²) in [5, 5.41) is 12.8. The first-order valence-corrected chi connectivity index (χ1v) is 7.46. The number of nitrogens with two attached hydrogens (primary N) is 1. The minimum absolute atomic E-state index is 0.203. The van der Waals surface area contributed by atoms with E-state index in [4.69, 9.17) is 5.73 Å². The molecule has 1 aliphatic rings. The van der Waals surface area contributed by atoms with Gasteiger partial charge in [-0.3, -0.25) is 4.79 Å². The second kappa shape index (κ2) is 5.32. The summed E-state index contributed by atoms with van der Waals surface area (Å²) in [5.74, 6) is -0.203. The van der Waals surface area contributed by atoms with Crippen molar-refractivity contribution >= 4 is 22.2 Å². The molecule has 0 saturated carbocycles. The molecule has 1 aromatic rings. The number of thiophene rings is 1. The van der Waals surface area contributed by atoms with Crippen LogP contribution in [0.25, 0.3) is 0 Å². The normalized spacial score (nSPS) is 16.5. The Bertz CT molecular complexity index is 540. The molecule has 0 aliphatic heterocycles. The van der Waals surface area contributed by atoms with Crippen molar-refractivity contribution in [2.24, 2.45) is 5.73 Å². The van der Waals surface area contributed by atoms with Crippen molar-refractivity contribution in [3.63, 3.8) is 0 Å². The fourth-order valence-corrected chi connectivity index (χ4v) is 3.72. The quantitative estimate of drug-likeness (QED) is 0.887. The second-order valence-corrected chi connectivity index (χ2v) is 6.40. The van der Waals surface area contributed by atoms with Crippen molar-refractivity contribution in [3.8, 4) is 6.07 Å². The number of amides is 1. The molecule has 0 radical (unpaired) electrons. The SMILES string of the molecule is CCCC(C)(N)C(=O)Nc1sc2c(c1C#N)CCC2. The van der Waals surface area contributed by atoms with E-state index in [-0.39, 0.29) is 5.91 Å². The monoisotopic (exact) mass is 277 g/mol. The van der Waals surface area contributed by atoms with Gasteiger partial charge in [-0.05, 0) is 38.2 Å². The Labute approximate surface area is 117 Å². The third kappa shape index (κ3) is 2.65. The Balaban J connectivity index is 2.21. The van der Waals surface area contributed by atoms with Gasteiger partial charge in [0.2, 0.25) is 5.91 Å². The van der Waals surface area contributed by atoms with Gasteiger partial charge in [0.25, 0.3) is 0 Å². The summed E-state index contributed by atoms with van der Waals surface area (Å²) in [7, 11) is 0. The van der Waals surface area contributed by atoms with Gasteiger partial charge in [0.15, 0.2) is 0 Å². The molecule has 4 nitrogen and oxygen atoms in total. The van der Waals surface area contributed by atoms with Crippen LogP contribution in [-0.4, -0.2) is 11.4 Å². The number of nitriles is 1. The van der Waals surface area contributed by atoms with Gasteiger partial charge < -0.3 is 11.1 Å². The third-order valence-corrected chi connectivity index (χ3v) is 4.76. The van der Waals surface area contributed by atoms with E-state index >= 15 is 0 Å². The summed E-state index contributed by atoms with van der Waals surface area (Å²) in [6.07, 6.45) is 4.55. The predicted molar refractivity (Wildman–Crippen MR) is 77.2 cm³/mol. The van der Waals surface area contributed by atoms with Crippen LogP contribution in [0.15, 0.2) is 0 Å². The molecule has 1 aromatic heterocycles. The summed E-state index contributed by atoms with van der Waals surface area (Å²) >= 11 is 1.53. The van der Waals surface area contributed by atoms with Crippen molar-refractivity contribution in [3.05, 3.63) is 16.0 Å². The molecule has 1 atom stereocenters. The number of fused-ring (bicyclic) bond motifs is 1. The minimum atomic E-state index is -0.879. The first kappa shape index (κ1) is 14.0. The maximum absolute atomic E-state index is 12.2. The molecule has 1 unspecified atom stereocenters. The first-order chi connectivity index (χ1) is 8.99. The van der Waals surface area contributed by atoms with E-state index in [0.29, 0.717) is 17.0 Å². The smallest absolute Gasteiger partial charge is 0.244 e. The standard InChI is InChI=1S/C14H19N3OS/c1-3-7-14(2,16)13(18)17-12-10(8-15)9-5-4-6-11(9)19-12/h3-7,16H2,1-2H3,(H,17,18). The summed E-state index contributed by atoms with van der Waals surface area (Å²) in [6, 6.07) is 2.22. The average Bonchev–Trinajstić information content (AvgIpc) is 2.88. The molecule has 1 aliphatic carbocycles. The summed E-state index contributed by atoms with van der Waals surface area (Å²) in [6.45, 7) is 3.73. The van der Waals surface area contributed by atoms with E-state index in [1.807, 2.05) is 6.92 Å². The lowest BCUT2D eigenvalue weighted by Crippen LogP contribution is -2.48. The van der Waals surface area contributed by atoms with Gasteiger partial charge in [-0.1, -0.05) is 13.3 Å². The molecular weight excluding hydrogens is 258 g/mol. The maximum atomic E-state index is 12.2. The van der Waals surface area contributed by atoms with Crippen molar-refractivity contribution < 1.29 is 4.79 Å². The average molecular weight is 277 g/mol. The first-order valence-electron chi connectivity index (χ1n) is 6.64. The number of nitrogens with one attached hydrogen (secondary N) is 1. The summed E-state index contributed by atoms with van der Waals surface area (Å²) in [5.41, 5.74) is 6.89. The fraction of sp³-hybridized carbons (Fsp3) is 0.571. The molecule has 0 bridgehead atoms. The molecular formula is C14H19N3OS. The number of anilines is 1. The van der Waals surface area contributed by atoms with E-state index in [9.17, 15) is 10.1 Å². The second-order valence-electron chi connectivity index (χ2n) is 5.29. The van der Waals surface area contributed by atoms with Gasteiger partial charge >= 0.3 is 0 Å². The number of aryl methyl sites for hydroxylation is 1. The largest absolute Gasteiger partial charge is 0.318 e. The van der Waals surface area contributed by atoms with Crippen molar-refractivity contribution in [1.29, 1.82) is 5.26 Å². The summed E-state index contributed by atoms with van der Waals surface area (Å²) in [4.78, 5) is 13.4. The molecule has 2 rings (SSSR count). The van der Waals surface area contributed by atoms with Crippen LogP contribution in [0.3, 0.4) is 0 Å². The molecule has 5 heteroatoms. The van der Waals surface area contributed by atoms with Crippen LogP contribution >= 0.6 is 11.3 Å². The molecule has 1 heterocycles. The topological polar surface area (TPSA) is 78.9 Å². The lowest BCUT2D eigenvalue weighted by atomic mass is 9.96. The Morgan fingerprint density at radius 2 is 2.32 bits per heavy atom. The number of carbonyl (C=O) groups is 1. The van der Waals surface area contributed by atoms with Crippen LogP contribution in [0.1, 0.15) is 49.1 Å². The Kier molecular flexibility index (Phi) is 3.93. The van der Waals surface area contributed by atoms with Gasteiger partial charge in [0, 0.05) is 4.88 Å². The lowest BCUT2D eigenvalue weighted by Gasteiger charge is -2.22. The highest BCUT2D eigenvalue weighted by Gasteiger charge is 2.30. The van der Waals surface area contributed by atoms with Crippen LogP contribution in [0, 0.1) is 11.3 Å². The highest BCUT2D eigenvalue weighted by molar-refractivity contribution is 7.16. The van der Waals surface area contributed by atoms with Crippen LogP contribution in [-0.2, 0) is 17.6 Å². The van der Waals surface area contributed by atoms with Gasteiger partial charge in [-0.15, -0.1) is 11.3 Å². The molecule has 0 fully saturated rings. The van der Waals surface area contributed by atoms with Crippen molar-refractivity contribution in [2.45, 2.75) is 51.5 Å². The van der Waals surface area contributed by atoms with E-state index in [1.165, 1.54) is 16.2 Å². The minimum Gasteiger partial charge on any atom is -0.318 e. The van der Waals surface area contributed by atoms with Gasteiger partial charge in [0.05, 0.1) is 11.1 Å². The zero-order valence-electron chi connectivity index (χ0n) is 11.4. The zero-order valence-corrected chi connectivity index (χ0v) is 12.2. The number of nitrogens with zero attached hydrogens (tertiary/aromatic N) is 1. The molecule has 1 amide bonds. The van der Waals surface area contributed by atoms with Crippen LogP contribution in [0.5, 0.6) is 0 Å². The van der Waals surface area contributed by atoms with E-state index in [1.54, 1.807) is 6.92 Å². The fourth-order valence-electron chi connectivity index (χ4n) is 2.49. The van der Waals surface area contributed by atoms with Gasteiger partial charge in [0.1, 0.15) is 11.1 Å². The van der Waals surface area contributed by atoms with Crippen LogP contribution < -0.4 is 11.1 Å². The maximum Gasteiger partial charge on any atom is 0.244 e. The van der Waals surface area contributed by atoms with E-state index < -0.39 is 5.54 Å². The Morgan fingerprint density at radius 1 is 1.58 bits per heavy atom. The van der Waals surface area contributed by atoms with Gasteiger partial charge in [-0.25, -0.2) is 0 Å². The van der Waals surface area contributed by atoms with E-state index in [2.05, 4.69) is 11.4 Å². The Hall–Kier alpha value is -1.38. The third-order valence-electron chi connectivity index (χ3n) is 3.55. The molecule has 3 N–H and O–H groups in total. The summed E-state index contributed by atoms with van der Waals surface area (Å²) < 4.78 is 0. The van der Waals surface area contributed by atoms with Crippen molar-refractivity contribution in [2.75, 3.05) is 5.32 Å². The number of rotatable bonds is 4. The number of hydrogen-bond donors (Lipinski definition) is 2. The zero-order chi connectivity index (χ0) is 14.0. The number of hydrogen-bond acceptors (Lipinski definition) is 4. The molecule has 0 saturated heterocycles. The lowest BCUT2D eigenvalue weighted by molar-refractivity contribution is -0.120. The predicted octanol–water partition coefficient (Wildman–Crippen LogP) is 2.56. The van der Waals surface area contributed by atoms with Crippen molar-refractivity contribution in [1.82, 2.24) is 0 Å². The molecule has 0 aromatic carbocycles. The highest BCUT2D eigenvalue weighted by Crippen LogP contribution is 2.38. The molecule has 19 heavy (non-hydrogen) atoms. The van der Waals surface area contributed by atoms with Gasteiger partial charge in [-0.2, -0.15) is 5.26 Å². The molecule has 0 spiro atoms. The Morgan fingerprint density at radius 3 is 2.95 bits per heavy atom. The van der Waals surface area contributed by atoms with E-state index in [0.717, 1.165) is 31.2 Å². The van der Waals surface area contributed by atoms with Crippen LogP contribution in [0.4, 0.5) is 5.00 Å². The number of carbonyl (C=O) groups excluding carboxylic acids is 1. The highest BCUT2D eigenvalue weighted by atomic mass is 32.1. The van der Waals surface area contributed by atoms with Crippen LogP contribution in [0.2, 0.25) is 0 Å². The molecule has 102 valence electrons.